The van der Waals surface area contributed by atoms with E-state index in [1.807, 2.05) is 0 Å². The number of carbonyl (C=O) groups excluding carboxylic acids is 3. The van der Waals surface area contributed by atoms with Crippen molar-refractivity contribution in [3.63, 3.8) is 0 Å². The number of hydrogen-bond acceptors (Lipinski definition) is 5. The Kier molecular flexibility index (Phi) is 7.66. The fourth-order valence-electron chi connectivity index (χ4n) is 3.41. The van der Waals surface area contributed by atoms with E-state index < -0.39 is 35.6 Å². The number of hydrogen-bond donors (Lipinski definition) is 3. The second-order valence-corrected chi connectivity index (χ2v) is 7.49. The number of benzene rings is 2. The molecule has 2 aromatic carbocycles. The Morgan fingerprint density at radius 3 is 2.40 bits per heavy atom. The second-order valence-electron chi connectivity index (χ2n) is 7.49. The van der Waals surface area contributed by atoms with E-state index in [4.69, 9.17) is 5.26 Å². The van der Waals surface area contributed by atoms with Gasteiger partial charge in [0.1, 0.15) is 12.2 Å². The number of carbonyl (C=O) groups is 3. The van der Waals surface area contributed by atoms with Crippen LogP contribution in [0.3, 0.4) is 0 Å². The van der Waals surface area contributed by atoms with Gasteiger partial charge in [-0.2, -0.15) is 18.4 Å². The van der Waals surface area contributed by atoms with E-state index >= 15 is 0 Å². The molecule has 0 aliphatic carbocycles. The number of aromatic nitrogens is 1. The van der Waals surface area contributed by atoms with Crippen molar-refractivity contribution in [1.82, 2.24) is 20.9 Å². The highest BCUT2D eigenvalue weighted by molar-refractivity contribution is 6.35. The molecule has 3 amide bonds. The molecular formula is C24H20F3N5O3. The van der Waals surface area contributed by atoms with Crippen LogP contribution >= 0.6 is 0 Å². The lowest BCUT2D eigenvalue weighted by atomic mass is 10.0. The van der Waals surface area contributed by atoms with Gasteiger partial charge in [0, 0.05) is 17.5 Å². The molecule has 3 N–H and O–H groups in total. The Labute approximate surface area is 198 Å². The Bertz CT molecular complexity index is 1320. The van der Waals surface area contributed by atoms with E-state index in [2.05, 4.69) is 20.9 Å². The smallest absolute Gasteiger partial charge is 0.345 e. The van der Waals surface area contributed by atoms with Gasteiger partial charge in [0.25, 0.3) is 5.91 Å². The fourth-order valence-corrected chi connectivity index (χ4v) is 3.41. The highest BCUT2D eigenvalue weighted by Crippen LogP contribution is 2.33. The molecule has 3 rings (SSSR count). The van der Waals surface area contributed by atoms with Crippen LogP contribution in [0.5, 0.6) is 0 Å². The van der Waals surface area contributed by atoms with Crippen molar-refractivity contribution in [2.24, 2.45) is 0 Å². The molecule has 1 aromatic heterocycles. The van der Waals surface area contributed by atoms with Crippen LogP contribution in [0, 0.1) is 11.3 Å². The molecule has 0 saturated carbocycles. The number of alkyl halides is 3. The minimum atomic E-state index is -4.66. The molecular weight excluding hydrogens is 463 g/mol. The molecule has 11 heteroatoms. The fraction of sp³-hybridized carbons (Fsp3) is 0.208. The summed E-state index contributed by atoms with van der Waals surface area (Å²) in [6.45, 7) is 1.07. The summed E-state index contributed by atoms with van der Waals surface area (Å²) in [5, 5.41) is 16.1. The molecule has 0 aliphatic heterocycles. The summed E-state index contributed by atoms with van der Waals surface area (Å²) in [7, 11) is 0. The minimum absolute atomic E-state index is 0.149. The van der Waals surface area contributed by atoms with E-state index in [-0.39, 0.29) is 29.7 Å². The van der Waals surface area contributed by atoms with Crippen molar-refractivity contribution in [2.45, 2.75) is 25.7 Å². The van der Waals surface area contributed by atoms with Crippen LogP contribution in [0.25, 0.3) is 10.9 Å². The number of pyridine rings is 1. The predicted molar refractivity (Wildman–Crippen MR) is 120 cm³/mol. The minimum Gasteiger partial charge on any atom is -0.345 e. The van der Waals surface area contributed by atoms with Crippen LogP contribution in [0.2, 0.25) is 0 Å². The van der Waals surface area contributed by atoms with Crippen molar-refractivity contribution in [1.29, 1.82) is 5.26 Å². The third-order valence-electron chi connectivity index (χ3n) is 5.09. The third kappa shape index (κ3) is 6.11. The third-order valence-corrected chi connectivity index (χ3v) is 5.09. The number of nitrogens with zero attached hydrogens (tertiary/aromatic N) is 2. The van der Waals surface area contributed by atoms with Crippen LogP contribution in [-0.4, -0.2) is 29.3 Å². The van der Waals surface area contributed by atoms with Crippen LogP contribution in [0.15, 0.2) is 54.6 Å². The molecule has 1 atom stereocenters. The molecule has 8 nitrogen and oxygen atoms in total. The van der Waals surface area contributed by atoms with Crippen LogP contribution in [0.1, 0.15) is 40.1 Å². The SMILES string of the molecule is C[C@@H](NC(=O)c1ccccc1CNC(=O)C(=O)NCC#N)c1cc(C(F)(F)F)nc2ccccc12. The van der Waals surface area contributed by atoms with Crippen molar-refractivity contribution >= 4 is 28.6 Å². The van der Waals surface area contributed by atoms with Crippen LogP contribution in [-0.2, 0) is 22.3 Å². The Balaban J connectivity index is 1.81. The highest BCUT2D eigenvalue weighted by Gasteiger charge is 2.34. The zero-order valence-corrected chi connectivity index (χ0v) is 18.4. The maximum atomic E-state index is 13.4. The molecule has 3 aromatic rings. The molecule has 0 saturated heterocycles. The molecule has 0 spiro atoms. The van der Waals surface area contributed by atoms with Crippen LogP contribution < -0.4 is 16.0 Å². The maximum absolute atomic E-state index is 13.4. The van der Waals surface area contributed by atoms with Gasteiger partial charge in [0.05, 0.1) is 17.6 Å². The van der Waals surface area contributed by atoms with Gasteiger partial charge in [-0.3, -0.25) is 14.4 Å². The summed E-state index contributed by atoms with van der Waals surface area (Å²) in [5.74, 6) is -2.55. The number of halogens is 3. The zero-order chi connectivity index (χ0) is 25.6. The Morgan fingerprint density at radius 2 is 1.69 bits per heavy atom. The van der Waals surface area contributed by atoms with Gasteiger partial charge in [-0.05, 0) is 36.2 Å². The standard InChI is InChI=1S/C24H20F3N5O3/c1-14(18-12-20(24(25,26)27)32-19-9-5-4-8-17(18)19)31-21(33)16-7-3-2-6-15(16)13-30-23(35)22(34)29-11-10-28/h2-9,12,14H,11,13H2,1H3,(H,29,34)(H,30,35)(H,31,33)/t14-/m1/s1. The van der Waals surface area contributed by atoms with E-state index in [0.29, 0.717) is 10.9 Å². The summed E-state index contributed by atoms with van der Waals surface area (Å²) in [5.41, 5.74) is -0.113. The van der Waals surface area contributed by atoms with Gasteiger partial charge in [0.2, 0.25) is 0 Å². The van der Waals surface area contributed by atoms with Gasteiger partial charge in [-0.15, -0.1) is 0 Å². The second kappa shape index (κ2) is 10.6. The molecule has 1 heterocycles. The van der Waals surface area contributed by atoms with Crippen LogP contribution in [0.4, 0.5) is 13.2 Å². The molecule has 35 heavy (non-hydrogen) atoms. The first-order chi connectivity index (χ1) is 16.6. The summed E-state index contributed by atoms with van der Waals surface area (Å²) >= 11 is 0. The number of amides is 3. The van der Waals surface area contributed by atoms with Crippen molar-refractivity contribution in [3.8, 4) is 6.07 Å². The number of nitrogens with one attached hydrogen (secondary N) is 3. The zero-order valence-electron chi connectivity index (χ0n) is 18.4. The molecule has 0 radical (unpaired) electrons. The molecule has 0 aliphatic rings. The normalized spacial score (nSPS) is 11.9. The average molecular weight is 483 g/mol. The number of fused-ring (bicyclic) bond motifs is 1. The Morgan fingerprint density at radius 1 is 1.03 bits per heavy atom. The topological polar surface area (TPSA) is 124 Å². The first-order valence-corrected chi connectivity index (χ1v) is 10.4. The highest BCUT2D eigenvalue weighted by atomic mass is 19.4. The van der Waals surface area contributed by atoms with Gasteiger partial charge in [-0.1, -0.05) is 36.4 Å². The average Bonchev–Trinajstić information content (AvgIpc) is 2.84. The van der Waals surface area contributed by atoms with Crippen molar-refractivity contribution in [2.75, 3.05) is 6.54 Å². The van der Waals surface area contributed by atoms with Gasteiger partial charge in [0.15, 0.2) is 0 Å². The lowest BCUT2D eigenvalue weighted by Crippen LogP contribution is -2.40. The largest absolute Gasteiger partial charge is 0.433 e. The quantitative estimate of drug-likeness (QED) is 0.367. The molecule has 180 valence electrons. The van der Waals surface area contributed by atoms with Gasteiger partial charge < -0.3 is 16.0 Å². The molecule has 0 bridgehead atoms. The predicted octanol–water partition coefficient (Wildman–Crippen LogP) is 3.00. The lowest BCUT2D eigenvalue weighted by Gasteiger charge is -2.19. The van der Waals surface area contributed by atoms with E-state index in [9.17, 15) is 27.6 Å². The van der Waals surface area contributed by atoms with Crippen molar-refractivity contribution in [3.05, 3.63) is 77.0 Å². The van der Waals surface area contributed by atoms with Crippen molar-refractivity contribution < 1.29 is 27.6 Å². The molecule has 0 fully saturated rings. The van der Waals surface area contributed by atoms with Gasteiger partial charge >= 0.3 is 18.0 Å². The number of rotatable bonds is 6. The van der Waals surface area contributed by atoms with E-state index in [1.165, 1.54) is 12.1 Å². The summed E-state index contributed by atoms with van der Waals surface area (Å²) in [6.07, 6.45) is -4.66. The molecule has 0 unspecified atom stereocenters. The summed E-state index contributed by atoms with van der Waals surface area (Å²) in [4.78, 5) is 40.2. The summed E-state index contributed by atoms with van der Waals surface area (Å²) < 4.78 is 40.2. The van der Waals surface area contributed by atoms with Gasteiger partial charge in [-0.25, -0.2) is 4.98 Å². The Hall–Kier alpha value is -4.46. The first kappa shape index (κ1) is 25.2. The lowest BCUT2D eigenvalue weighted by molar-refractivity contribution is -0.141. The first-order valence-electron chi connectivity index (χ1n) is 10.4. The van der Waals surface area contributed by atoms with E-state index in [1.54, 1.807) is 49.4 Å². The maximum Gasteiger partial charge on any atom is 0.433 e. The van der Waals surface area contributed by atoms with E-state index in [0.717, 1.165) is 6.07 Å². The number of para-hydroxylation sites is 1. The summed E-state index contributed by atoms with van der Waals surface area (Å²) in [6, 6.07) is 14.4. The number of nitriles is 1. The monoisotopic (exact) mass is 483 g/mol.